The van der Waals surface area contributed by atoms with E-state index in [1.807, 2.05) is 13.0 Å². The molecule has 0 fully saturated rings. The number of nitrogens with zero attached hydrogens (tertiary/aromatic N) is 3. The monoisotopic (exact) mass is 250 g/mol. The lowest BCUT2D eigenvalue weighted by Crippen LogP contribution is -2.02. The molecule has 2 rings (SSSR count). The van der Waals surface area contributed by atoms with Gasteiger partial charge in [-0.3, -0.25) is 0 Å². The molecule has 0 aliphatic heterocycles. The molecule has 0 aliphatic rings. The Balaban J connectivity index is 2.13. The van der Waals surface area contributed by atoms with Gasteiger partial charge in [0.15, 0.2) is 0 Å². The minimum Gasteiger partial charge on any atom is -0.496 e. The van der Waals surface area contributed by atoms with Crippen LogP contribution in [0.4, 0.5) is 5.13 Å². The average molecular weight is 250 g/mol. The van der Waals surface area contributed by atoms with E-state index in [-0.39, 0.29) is 0 Å². The minimum atomic E-state index is 0.716. The molecule has 5 nitrogen and oxygen atoms in total. The highest BCUT2D eigenvalue weighted by Gasteiger charge is 2.05. The molecule has 0 aliphatic carbocycles. The molecule has 0 atom stereocenters. The summed E-state index contributed by atoms with van der Waals surface area (Å²) in [6.07, 6.45) is 0. The molecule has 0 bridgehead atoms. The predicted molar refractivity (Wildman–Crippen MR) is 67.5 cm³/mol. The van der Waals surface area contributed by atoms with Gasteiger partial charge in [0.1, 0.15) is 5.75 Å². The van der Waals surface area contributed by atoms with Gasteiger partial charge in [-0.05, 0) is 41.8 Å². The van der Waals surface area contributed by atoms with Gasteiger partial charge in [0.25, 0.3) is 0 Å². The summed E-state index contributed by atoms with van der Waals surface area (Å²) in [4.78, 5) is 0. The summed E-state index contributed by atoms with van der Waals surface area (Å²) in [5.41, 5.74) is 3.54. The summed E-state index contributed by atoms with van der Waals surface area (Å²) >= 11 is 1.25. The second-order valence-corrected chi connectivity index (χ2v) is 4.50. The smallest absolute Gasteiger partial charge is 0.225 e. The van der Waals surface area contributed by atoms with Gasteiger partial charge in [0, 0.05) is 18.1 Å². The number of hydrogen-bond donors (Lipinski definition) is 1. The van der Waals surface area contributed by atoms with Gasteiger partial charge in [-0.25, -0.2) is 0 Å². The van der Waals surface area contributed by atoms with Crippen LogP contribution in [0.1, 0.15) is 16.7 Å². The number of benzene rings is 1. The average Bonchev–Trinajstić information content (AvgIpc) is 2.82. The van der Waals surface area contributed by atoms with Crippen molar-refractivity contribution in [2.24, 2.45) is 0 Å². The lowest BCUT2D eigenvalue weighted by Gasteiger charge is -2.11. The molecule has 1 N–H and O–H groups in total. The Kier molecular flexibility index (Phi) is 3.53. The van der Waals surface area contributed by atoms with Crippen LogP contribution in [0.15, 0.2) is 12.1 Å². The number of rotatable bonds is 4. The first kappa shape index (κ1) is 11.8. The van der Waals surface area contributed by atoms with Crippen molar-refractivity contribution in [1.29, 1.82) is 0 Å². The van der Waals surface area contributed by atoms with Gasteiger partial charge in [-0.2, -0.15) is 0 Å². The predicted octanol–water partition coefficient (Wildman–Crippen LogP) is 2.17. The summed E-state index contributed by atoms with van der Waals surface area (Å²) in [7, 11) is 1.69. The van der Waals surface area contributed by atoms with Crippen LogP contribution in [-0.2, 0) is 6.54 Å². The Labute approximate surface area is 104 Å². The van der Waals surface area contributed by atoms with E-state index in [1.54, 1.807) is 7.11 Å². The number of anilines is 1. The Morgan fingerprint density at radius 1 is 1.29 bits per heavy atom. The number of aromatic nitrogens is 3. The van der Waals surface area contributed by atoms with Crippen molar-refractivity contribution in [3.05, 3.63) is 28.8 Å². The van der Waals surface area contributed by atoms with Crippen molar-refractivity contribution in [3.63, 3.8) is 0 Å². The number of hydrogen-bond acceptors (Lipinski definition) is 6. The summed E-state index contributed by atoms with van der Waals surface area (Å²) in [5.74, 6) is 0.920. The summed E-state index contributed by atoms with van der Waals surface area (Å²) < 4.78 is 8.98. The van der Waals surface area contributed by atoms with Crippen LogP contribution in [0, 0.1) is 13.8 Å². The lowest BCUT2D eigenvalue weighted by molar-refractivity contribution is 0.411. The fourth-order valence-corrected chi connectivity index (χ4v) is 1.99. The largest absolute Gasteiger partial charge is 0.496 e. The molecule has 90 valence electrons. The number of nitrogens with one attached hydrogen (secondary N) is 1. The van der Waals surface area contributed by atoms with Gasteiger partial charge in [-0.15, -0.1) is 0 Å². The minimum absolute atomic E-state index is 0.716. The van der Waals surface area contributed by atoms with Crippen LogP contribution in [-0.4, -0.2) is 21.9 Å². The van der Waals surface area contributed by atoms with E-state index in [0.29, 0.717) is 6.54 Å². The molecule has 17 heavy (non-hydrogen) atoms. The molecular weight excluding hydrogens is 236 g/mol. The summed E-state index contributed by atoms with van der Waals surface area (Å²) in [6, 6.07) is 4.17. The van der Waals surface area contributed by atoms with E-state index < -0.39 is 0 Å². The molecule has 1 heterocycles. The molecule has 0 spiro atoms. The van der Waals surface area contributed by atoms with Crippen molar-refractivity contribution in [3.8, 4) is 5.75 Å². The van der Waals surface area contributed by atoms with E-state index in [2.05, 4.69) is 33.1 Å². The number of aryl methyl sites for hydroxylation is 2. The molecule has 0 saturated heterocycles. The van der Waals surface area contributed by atoms with Crippen LogP contribution < -0.4 is 10.1 Å². The zero-order chi connectivity index (χ0) is 12.3. The van der Waals surface area contributed by atoms with Crippen molar-refractivity contribution in [2.45, 2.75) is 20.4 Å². The maximum atomic E-state index is 5.28. The molecule has 6 heteroatoms. The molecule has 0 unspecified atom stereocenters. The third-order valence-electron chi connectivity index (χ3n) is 2.58. The number of methoxy groups -OCH3 is 1. The lowest BCUT2D eigenvalue weighted by atomic mass is 10.0. The first-order valence-electron chi connectivity index (χ1n) is 5.23. The molecule has 2 aromatic rings. The highest BCUT2D eigenvalue weighted by Crippen LogP contribution is 2.23. The fourth-order valence-electron chi connectivity index (χ4n) is 1.63. The number of ether oxygens (including phenoxy) is 1. The Bertz CT molecular complexity index is 498. The highest BCUT2D eigenvalue weighted by molar-refractivity contribution is 7.09. The van der Waals surface area contributed by atoms with E-state index >= 15 is 0 Å². The molecule has 0 radical (unpaired) electrons. The second-order valence-electron chi connectivity index (χ2n) is 3.77. The maximum absolute atomic E-state index is 5.28. The van der Waals surface area contributed by atoms with Crippen LogP contribution >= 0.6 is 11.5 Å². The third-order valence-corrected chi connectivity index (χ3v) is 3.14. The van der Waals surface area contributed by atoms with E-state index in [4.69, 9.17) is 4.74 Å². The molecule has 1 aromatic heterocycles. The zero-order valence-electron chi connectivity index (χ0n) is 10.0. The Morgan fingerprint density at radius 3 is 2.76 bits per heavy atom. The summed E-state index contributed by atoms with van der Waals surface area (Å²) in [5, 5.41) is 11.3. The first-order chi connectivity index (χ1) is 8.20. The Morgan fingerprint density at radius 2 is 2.12 bits per heavy atom. The van der Waals surface area contributed by atoms with Crippen LogP contribution in [0.2, 0.25) is 0 Å². The van der Waals surface area contributed by atoms with Gasteiger partial charge < -0.3 is 10.1 Å². The SMILES string of the molecule is COc1cc(C)c(CNc2nnns2)cc1C. The summed E-state index contributed by atoms with van der Waals surface area (Å²) in [6.45, 7) is 4.82. The van der Waals surface area contributed by atoms with Crippen molar-refractivity contribution in [2.75, 3.05) is 12.4 Å². The standard InChI is InChI=1S/C11H14N4OS/c1-7-5-10(16-3)8(2)4-9(7)6-12-11-13-14-15-17-11/h4-5H,6H2,1-3H3,(H,12,13,15). The van der Waals surface area contributed by atoms with Crippen LogP contribution in [0.25, 0.3) is 0 Å². The van der Waals surface area contributed by atoms with Gasteiger partial charge >= 0.3 is 0 Å². The van der Waals surface area contributed by atoms with Crippen LogP contribution in [0.3, 0.4) is 0 Å². The first-order valence-corrected chi connectivity index (χ1v) is 6.01. The molecule has 0 amide bonds. The van der Waals surface area contributed by atoms with Crippen molar-refractivity contribution < 1.29 is 4.74 Å². The van der Waals surface area contributed by atoms with Gasteiger partial charge in [-0.1, -0.05) is 15.7 Å². The van der Waals surface area contributed by atoms with Crippen molar-refractivity contribution in [1.82, 2.24) is 14.8 Å². The topological polar surface area (TPSA) is 59.9 Å². The second kappa shape index (κ2) is 5.09. The van der Waals surface area contributed by atoms with Gasteiger partial charge in [0.05, 0.1) is 7.11 Å². The highest BCUT2D eigenvalue weighted by atomic mass is 32.1. The molecule has 1 aromatic carbocycles. The van der Waals surface area contributed by atoms with E-state index in [9.17, 15) is 0 Å². The molecular formula is C11H14N4OS. The normalized spacial score (nSPS) is 10.3. The quantitative estimate of drug-likeness (QED) is 0.901. The Hall–Kier alpha value is -1.69. The molecule has 0 saturated carbocycles. The van der Waals surface area contributed by atoms with Crippen LogP contribution in [0.5, 0.6) is 5.75 Å². The maximum Gasteiger partial charge on any atom is 0.225 e. The van der Waals surface area contributed by atoms with E-state index in [0.717, 1.165) is 16.4 Å². The van der Waals surface area contributed by atoms with E-state index in [1.165, 1.54) is 22.7 Å². The van der Waals surface area contributed by atoms with Gasteiger partial charge in [0.2, 0.25) is 5.13 Å². The zero-order valence-corrected chi connectivity index (χ0v) is 10.8. The third kappa shape index (κ3) is 2.71. The van der Waals surface area contributed by atoms with Crippen molar-refractivity contribution >= 4 is 16.7 Å². The fraction of sp³-hybridized carbons (Fsp3) is 0.364.